The minimum atomic E-state index is 0.948. The lowest BCUT2D eigenvalue weighted by atomic mass is 10.00. The van der Waals surface area contributed by atoms with Gasteiger partial charge in [0, 0.05) is 28.0 Å². The van der Waals surface area contributed by atoms with Crippen LogP contribution in [0, 0.1) is 6.92 Å². The lowest BCUT2D eigenvalue weighted by Gasteiger charge is -2.02. The summed E-state index contributed by atoms with van der Waals surface area (Å²) in [6.07, 6.45) is 0.948. The maximum absolute atomic E-state index is 6.05. The zero-order valence-electron chi connectivity index (χ0n) is 13.8. The molecule has 0 unspecified atom stereocenters. The second-order valence-corrected chi connectivity index (χ2v) is 6.57. The van der Waals surface area contributed by atoms with E-state index in [4.69, 9.17) is 4.42 Å². The van der Waals surface area contributed by atoms with Crippen LogP contribution in [0.5, 0.6) is 0 Å². The highest BCUT2D eigenvalue weighted by molar-refractivity contribution is 6.08. The number of rotatable bonds is 1. The summed E-state index contributed by atoms with van der Waals surface area (Å²) in [7, 11) is 2.17. The molecule has 1 aliphatic heterocycles. The summed E-state index contributed by atoms with van der Waals surface area (Å²) >= 11 is 0. The molecule has 1 aromatic heterocycles. The Morgan fingerprint density at radius 2 is 1.67 bits per heavy atom. The monoisotopic (exact) mass is 312 g/mol. The summed E-state index contributed by atoms with van der Waals surface area (Å²) in [5.41, 5.74) is 8.57. The van der Waals surface area contributed by atoms with Crippen LogP contribution in [0.1, 0.15) is 16.7 Å². The number of hydrogen-bond acceptors (Lipinski definition) is 1. The third kappa shape index (κ3) is 1.80. The van der Waals surface area contributed by atoms with Crippen LogP contribution in [0.2, 0.25) is 0 Å². The summed E-state index contributed by atoms with van der Waals surface area (Å²) < 4.78 is 8.38. The van der Waals surface area contributed by atoms with Crippen LogP contribution in [0.15, 0.2) is 65.1 Å². The Hall–Kier alpha value is -2.87. The first kappa shape index (κ1) is 13.6. The van der Waals surface area contributed by atoms with Crippen molar-refractivity contribution < 1.29 is 8.99 Å². The fourth-order valence-electron chi connectivity index (χ4n) is 3.87. The molecule has 2 heteroatoms. The Balaban J connectivity index is 1.75. The van der Waals surface area contributed by atoms with Crippen LogP contribution in [-0.4, -0.2) is 17.3 Å². The van der Waals surface area contributed by atoms with E-state index in [2.05, 4.69) is 67.1 Å². The predicted molar refractivity (Wildman–Crippen MR) is 98.6 cm³/mol. The quantitative estimate of drug-likeness (QED) is 0.440. The van der Waals surface area contributed by atoms with Crippen LogP contribution in [0.4, 0.5) is 5.69 Å². The lowest BCUT2D eigenvalue weighted by molar-refractivity contribution is -0.401. The standard InChI is InChI=1S/C22H18NO/c1-14-7-3-4-8-16(14)20-11-15-12-22-18(13-19(15)23(20)2)17-9-5-6-10-21(17)24-22/h3-10,12-13H,11H2,1-2H3/q+1. The van der Waals surface area contributed by atoms with Gasteiger partial charge in [-0.15, -0.1) is 0 Å². The van der Waals surface area contributed by atoms with Crippen molar-refractivity contribution in [2.24, 2.45) is 0 Å². The van der Waals surface area contributed by atoms with Crippen LogP contribution in [-0.2, 0) is 6.42 Å². The third-order valence-electron chi connectivity index (χ3n) is 5.16. The Kier molecular flexibility index (Phi) is 2.72. The number of furan rings is 1. The fraction of sp³-hybridized carbons (Fsp3) is 0.136. The van der Waals surface area contributed by atoms with Gasteiger partial charge in [0.1, 0.15) is 18.2 Å². The molecule has 0 N–H and O–H groups in total. The number of benzene rings is 3. The van der Waals surface area contributed by atoms with E-state index in [1.54, 1.807) is 0 Å². The van der Waals surface area contributed by atoms with Gasteiger partial charge in [-0.05, 0) is 30.7 Å². The fourth-order valence-corrected chi connectivity index (χ4v) is 3.87. The summed E-state index contributed by atoms with van der Waals surface area (Å²) in [4.78, 5) is 0. The van der Waals surface area contributed by atoms with Crippen molar-refractivity contribution in [3.05, 3.63) is 77.4 Å². The second-order valence-electron chi connectivity index (χ2n) is 6.57. The van der Waals surface area contributed by atoms with Gasteiger partial charge >= 0.3 is 0 Å². The smallest absolute Gasteiger partial charge is 0.209 e. The molecular formula is C22H18NO+. The topological polar surface area (TPSA) is 16.1 Å². The first-order valence-electron chi connectivity index (χ1n) is 8.32. The highest BCUT2D eigenvalue weighted by atomic mass is 16.3. The van der Waals surface area contributed by atoms with Gasteiger partial charge in [0.2, 0.25) is 5.69 Å². The van der Waals surface area contributed by atoms with Crippen LogP contribution < -0.4 is 0 Å². The number of hydrogen-bond donors (Lipinski definition) is 0. The van der Waals surface area contributed by atoms with E-state index in [1.807, 2.05) is 12.1 Å². The van der Waals surface area contributed by atoms with E-state index >= 15 is 0 Å². The van der Waals surface area contributed by atoms with Crippen molar-refractivity contribution in [3.63, 3.8) is 0 Å². The normalized spacial score (nSPS) is 13.9. The highest BCUT2D eigenvalue weighted by Gasteiger charge is 2.30. The van der Waals surface area contributed by atoms with E-state index in [1.165, 1.54) is 38.9 Å². The maximum atomic E-state index is 6.05. The van der Waals surface area contributed by atoms with E-state index in [9.17, 15) is 0 Å². The summed E-state index contributed by atoms with van der Waals surface area (Å²) in [6, 6.07) is 21.4. The molecule has 0 radical (unpaired) electrons. The average Bonchev–Trinajstić information content (AvgIpc) is 3.11. The molecule has 0 bridgehead atoms. The molecule has 1 aliphatic rings. The molecule has 0 spiro atoms. The Morgan fingerprint density at radius 3 is 2.54 bits per heavy atom. The SMILES string of the molecule is Cc1ccccc1C1=[N+](C)c2cc3c(cc2C1)oc1ccccc13. The molecular weight excluding hydrogens is 294 g/mol. The Morgan fingerprint density at radius 1 is 0.875 bits per heavy atom. The van der Waals surface area contributed by atoms with Gasteiger partial charge in [-0.1, -0.05) is 36.4 Å². The van der Waals surface area contributed by atoms with Crippen molar-refractivity contribution in [2.45, 2.75) is 13.3 Å². The van der Waals surface area contributed by atoms with E-state index in [0.29, 0.717) is 0 Å². The molecule has 0 saturated heterocycles. The van der Waals surface area contributed by atoms with Gasteiger partial charge < -0.3 is 4.42 Å². The number of fused-ring (bicyclic) bond motifs is 4. The zero-order valence-corrected chi connectivity index (χ0v) is 13.8. The molecule has 3 aromatic carbocycles. The van der Waals surface area contributed by atoms with E-state index < -0.39 is 0 Å². The average molecular weight is 312 g/mol. The Bertz CT molecular complexity index is 1150. The van der Waals surface area contributed by atoms with Gasteiger partial charge in [-0.2, -0.15) is 4.58 Å². The minimum Gasteiger partial charge on any atom is -0.456 e. The molecule has 0 amide bonds. The second kappa shape index (κ2) is 4.81. The minimum absolute atomic E-state index is 0.948. The Labute approximate surface area is 140 Å². The summed E-state index contributed by atoms with van der Waals surface area (Å²) in [5.74, 6) is 0. The van der Waals surface area contributed by atoms with E-state index in [-0.39, 0.29) is 0 Å². The van der Waals surface area contributed by atoms with Crippen LogP contribution in [0.3, 0.4) is 0 Å². The molecule has 5 rings (SSSR count). The first-order chi connectivity index (χ1) is 11.7. The maximum Gasteiger partial charge on any atom is 0.209 e. The lowest BCUT2D eigenvalue weighted by Crippen LogP contribution is -2.11. The number of nitrogens with zero attached hydrogens (tertiary/aromatic N) is 1. The van der Waals surface area contributed by atoms with Gasteiger partial charge in [-0.25, -0.2) is 0 Å². The number of para-hydroxylation sites is 1. The summed E-state index contributed by atoms with van der Waals surface area (Å²) in [5, 5.41) is 2.38. The highest BCUT2D eigenvalue weighted by Crippen LogP contribution is 2.37. The molecule has 4 aromatic rings. The molecule has 0 fully saturated rings. The van der Waals surface area contributed by atoms with Crippen LogP contribution in [0.25, 0.3) is 21.9 Å². The van der Waals surface area contributed by atoms with Crippen molar-refractivity contribution >= 4 is 33.3 Å². The molecule has 2 nitrogen and oxygen atoms in total. The predicted octanol–water partition coefficient (Wildman–Crippen LogP) is 5.21. The van der Waals surface area contributed by atoms with Crippen molar-refractivity contribution in [1.82, 2.24) is 0 Å². The first-order valence-corrected chi connectivity index (χ1v) is 8.32. The molecule has 0 saturated carbocycles. The van der Waals surface area contributed by atoms with Gasteiger partial charge in [0.05, 0.1) is 6.42 Å². The molecule has 0 aliphatic carbocycles. The molecule has 2 heterocycles. The van der Waals surface area contributed by atoms with E-state index in [0.717, 1.165) is 17.6 Å². The van der Waals surface area contributed by atoms with Crippen LogP contribution >= 0.6 is 0 Å². The van der Waals surface area contributed by atoms with Crippen molar-refractivity contribution in [1.29, 1.82) is 0 Å². The van der Waals surface area contributed by atoms with Crippen molar-refractivity contribution in [2.75, 3.05) is 7.05 Å². The largest absolute Gasteiger partial charge is 0.456 e. The molecule has 24 heavy (non-hydrogen) atoms. The zero-order chi connectivity index (χ0) is 16.3. The van der Waals surface area contributed by atoms with Gasteiger partial charge in [0.25, 0.3) is 0 Å². The van der Waals surface area contributed by atoms with Crippen molar-refractivity contribution in [3.8, 4) is 0 Å². The third-order valence-corrected chi connectivity index (χ3v) is 5.16. The van der Waals surface area contributed by atoms with Gasteiger partial charge in [-0.3, -0.25) is 0 Å². The number of aryl methyl sites for hydroxylation is 1. The molecule has 116 valence electrons. The van der Waals surface area contributed by atoms with Gasteiger partial charge in [0.15, 0.2) is 5.71 Å². The molecule has 0 atom stereocenters. The summed E-state index contributed by atoms with van der Waals surface area (Å²) in [6.45, 7) is 2.18.